The summed E-state index contributed by atoms with van der Waals surface area (Å²) in [5, 5.41) is -0.395. The molecule has 0 atom stereocenters. The maximum absolute atomic E-state index is 12.9. The molecule has 2 aliphatic heterocycles. The van der Waals surface area contributed by atoms with E-state index in [0.29, 0.717) is 18.0 Å². The summed E-state index contributed by atoms with van der Waals surface area (Å²) in [5.41, 5.74) is 3.77. The van der Waals surface area contributed by atoms with Crippen LogP contribution in [0.5, 0.6) is 5.75 Å². The van der Waals surface area contributed by atoms with Gasteiger partial charge in [0.2, 0.25) is 5.91 Å². The normalized spacial score (nSPS) is 18.0. The van der Waals surface area contributed by atoms with Gasteiger partial charge in [0.25, 0.3) is 11.1 Å². The quantitative estimate of drug-likeness (QED) is 0.636. The van der Waals surface area contributed by atoms with Crippen LogP contribution in [-0.2, 0) is 9.59 Å². The predicted molar refractivity (Wildman–Crippen MR) is 125 cm³/mol. The molecule has 0 radical (unpaired) electrons. The van der Waals surface area contributed by atoms with Crippen LogP contribution in [0.15, 0.2) is 35.2 Å². The molecule has 32 heavy (non-hydrogen) atoms. The second kappa shape index (κ2) is 9.24. The number of carbonyl (C=O) groups excluding carboxylic acids is 3. The van der Waals surface area contributed by atoms with Crippen LogP contribution in [0, 0.1) is 13.8 Å². The lowest BCUT2D eigenvalue weighted by molar-refractivity contribution is -0.136. The fraction of sp³-hybridized carbons (Fsp3) is 0.375. The van der Waals surface area contributed by atoms with Gasteiger partial charge in [-0.25, -0.2) is 0 Å². The Morgan fingerprint density at radius 2 is 1.88 bits per heavy atom. The van der Waals surface area contributed by atoms with E-state index in [9.17, 15) is 14.4 Å². The third kappa shape index (κ3) is 4.32. The summed E-state index contributed by atoms with van der Waals surface area (Å²) < 4.78 is 7.42. The number of hydrogen-bond acceptors (Lipinski definition) is 5. The van der Waals surface area contributed by atoms with Crippen LogP contribution in [0.2, 0.25) is 0 Å². The van der Waals surface area contributed by atoms with Crippen molar-refractivity contribution in [3.05, 3.63) is 52.2 Å². The number of thioether (sulfide) groups is 1. The van der Waals surface area contributed by atoms with E-state index in [1.807, 2.05) is 44.2 Å². The number of ether oxygens (including phenoxy) is 1. The molecule has 1 aromatic carbocycles. The van der Waals surface area contributed by atoms with Gasteiger partial charge in [-0.1, -0.05) is 6.07 Å². The highest BCUT2D eigenvalue weighted by Crippen LogP contribution is 2.34. The molecule has 0 bridgehead atoms. The van der Waals surface area contributed by atoms with Gasteiger partial charge in [0.1, 0.15) is 12.3 Å². The van der Waals surface area contributed by atoms with Crippen molar-refractivity contribution in [2.75, 3.05) is 26.7 Å². The maximum Gasteiger partial charge on any atom is 0.294 e. The minimum Gasteiger partial charge on any atom is -0.497 e. The molecule has 8 heteroatoms. The Labute approximate surface area is 192 Å². The number of aromatic nitrogens is 1. The van der Waals surface area contributed by atoms with Gasteiger partial charge < -0.3 is 14.2 Å². The largest absolute Gasteiger partial charge is 0.497 e. The Bertz CT molecular complexity index is 1100. The molecule has 0 aliphatic carbocycles. The molecular formula is C24H27N3O4S. The Hall–Kier alpha value is -3.00. The summed E-state index contributed by atoms with van der Waals surface area (Å²) in [6.45, 7) is 5.17. The standard InChI is InChI=1S/C24H27N3O4S/c1-16-12-18(17(2)27(16)19-8-7-9-20(14-19)31-3)13-21-23(29)26(24(30)32-21)15-22(28)25-10-5-4-6-11-25/h7-9,12-14H,4-6,10-11,15H2,1-3H3/b21-13-. The van der Waals surface area contributed by atoms with E-state index in [-0.39, 0.29) is 12.5 Å². The van der Waals surface area contributed by atoms with E-state index in [4.69, 9.17) is 4.74 Å². The van der Waals surface area contributed by atoms with Crippen molar-refractivity contribution in [3.8, 4) is 11.4 Å². The van der Waals surface area contributed by atoms with Crippen LogP contribution in [-0.4, -0.2) is 58.2 Å². The highest BCUT2D eigenvalue weighted by molar-refractivity contribution is 8.18. The van der Waals surface area contributed by atoms with E-state index < -0.39 is 11.1 Å². The van der Waals surface area contributed by atoms with E-state index in [1.165, 1.54) is 0 Å². The van der Waals surface area contributed by atoms with Crippen LogP contribution in [0.25, 0.3) is 11.8 Å². The van der Waals surface area contributed by atoms with Gasteiger partial charge in [0, 0.05) is 36.2 Å². The van der Waals surface area contributed by atoms with Gasteiger partial charge in [-0.3, -0.25) is 19.3 Å². The number of methoxy groups -OCH3 is 1. The van der Waals surface area contributed by atoms with Crippen molar-refractivity contribution in [1.82, 2.24) is 14.4 Å². The summed E-state index contributed by atoms with van der Waals surface area (Å²) in [4.78, 5) is 41.1. The average molecular weight is 454 g/mol. The van der Waals surface area contributed by atoms with Crippen LogP contribution in [0.1, 0.15) is 36.2 Å². The van der Waals surface area contributed by atoms with Crippen molar-refractivity contribution in [1.29, 1.82) is 0 Å². The van der Waals surface area contributed by atoms with E-state index in [0.717, 1.165) is 64.3 Å². The number of rotatable bonds is 5. The summed E-state index contributed by atoms with van der Waals surface area (Å²) in [6, 6.07) is 9.75. The summed E-state index contributed by atoms with van der Waals surface area (Å²) >= 11 is 0.890. The third-order valence-electron chi connectivity index (χ3n) is 5.94. The Balaban J connectivity index is 1.56. The van der Waals surface area contributed by atoms with Crippen LogP contribution < -0.4 is 4.74 Å². The van der Waals surface area contributed by atoms with Gasteiger partial charge in [-0.15, -0.1) is 0 Å². The third-order valence-corrected chi connectivity index (χ3v) is 6.85. The molecule has 2 saturated heterocycles. The zero-order valence-corrected chi connectivity index (χ0v) is 19.4. The Morgan fingerprint density at radius 1 is 1.12 bits per heavy atom. The highest BCUT2D eigenvalue weighted by atomic mass is 32.2. The molecule has 1 aromatic heterocycles. The van der Waals surface area contributed by atoms with E-state index in [1.54, 1.807) is 18.1 Å². The number of benzene rings is 1. The summed E-state index contributed by atoms with van der Waals surface area (Å²) in [6.07, 6.45) is 4.80. The van der Waals surface area contributed by atoms with Gasteiger partial charge in [-0.2, -0.15) is 0 Å². The number of imide groups is 1. The monoisotopic (exact) mass is 453 g/mol. The second-order valence-electron chi connectivity index (χ2n) is 8.07. The van der Waals surface area contributed by atoms with Gasteiger partial charge in [0.05, 0.1) is 12.0 Å². The van der Waals surface area contributed by atoms with Crippen molar-refractivity contribution in [2.24, 2.45) is 0 Å². The fourth-order valence-corrected chi connectivity index (χ4v) is 5.07. The number of aryl methyl sites for hydroxylation is 1. The summed E-state index contributed by atoms with van der Waals surface area (Å²) in [7, 11) is 1.63. The molecule has 2 aliphatic rings. The smallest absolute Gasteiger partial charge is 0.294 e. The molecule has 3 heterocycles. The molecule has 0 spiro atoms. The molecule has 3 amide bonds. The zero-order chi connectivity index (χ0) is 22.8. The second-order valence-corrected chi connectivity index (χ2v) is 9.07. The highest BCUT2D eigenvalue weighted by Gasteiger charge is 2.37. The molecule has 0 saturated carbocycles. The summed E-state index contributed by atoms with van der Waals surface area (Å²) in [5.74, 6) is 0.192. The number of hydrogen-bond donors (Lipinski definition) is 0. The van der Waals surface area contributed by atoms with Crippen LogP contribution in [0.3, 0.4) is 0 Å². The number of piperidine rings is 1. The van der Waals surface area contributed by atoms with Crippen LogP contribution >= 0.6 is 11.8 Å². The maximum atomic E-state index is 12.9. The van der Waals surface area contributed by atoms with Crippen molar-refractivity contribution in [2.45, 2.75) is 33.1 Å². The molecular weight excluding hydrogens is 426 g/mol. The first-order valence-electron chi connectivity index (χ1n) is 10.8. The van der Waals surface area contributed by atoms with Crippen molar-refractivity contribution < 1.29 is 19.1 Å². The number of amides is 3. The van der Waals surface area contributed by atoms with E-state index in [2.05, 4.69) is 4.57 Å². The lowest BCUT2D eigenvalue weighted by Gasteiger charge is -2.27. The van der Waals surface area contributed by atoms with Crippen molar-refractivity contribution in [3.63, 3.8) is 0 Å². The Morgan fingerprint density at radius 3 is 2.59 bits per heavy atom. The average Bonchev–Trinajstić information content (AvgIpc) is 3.23. The minimum absolute atomic E-state index is 0.163. The first kappa shape index (κ1) is 22.2. The molecule has 2 aromatic rings. The van der Waals surface area contributed by atoms with Gasteiger partial charge in [0.15, 0.2) is 0 Å². The predicted octanol–water partition coefficient (Wildman–Crippen LogP) is 4.15. The van der Waals surface area contributed by atoms with Gasteiger partial charge >= 0.3 is 0 Å². The van der Waals surface area contributed by atoms with E-state index >= 15 is 0 Å². The SMILES string of the molecule is COc1cccc(-n2c(C)cc(/C=C3\SC(=O)N(CC(=O)N4CCCCC4)C3=O)c2C)c1. The first-order chi connectivity index (χ1) is 15.4. The lowest BCUT2D eigenvalue weighted by atomic mass is 10.1. The number of nitrogens with zero attached hydrogens (tertiary/aromatic N) is 3. The van der Waals surface area contributed by atoms with Crippen LogP contribution in [0.4, 0.5) is 4.79 Å². The topological polar surface area (TPSA) is 71.8 Å². The molecule has 0 N–H and O–H groups in total. The molecule has 4 rings (SSSR count). The van der Waals surface area contributed by atoms with Gasteiger partial charge in [-0.05, 0) is 74.7 Å². The molecule has 7 nitrogen and oxygen atoms in total. The molecule has 2 fully saturated rings. The fourth-order valence-electron chi connectivity index (χ4n) is 4.24. The molecule has 0 unspecified atom stereocenters. The number of likely N-dealkylation sites (tertiary alicyclic amines) is 1. The zero-order valence-electron chi connectivity index (χ0n) is 18.6. The lowest BCUT2D eigenvalue weighted by Crippen LogP contribution is -2.44. The van der Waals surface area contributed by atoms with Crippen molar-refractivity contribution >= 4 is 34.9 Å². The Kier molecular flexibility index (Phi) is 6.41. The molecule has 168 valence electrons. The number of carbonyl (C=O) groups is 3. The minimum atomic E-state index is -0.406. The first-order valence-corrected chi connectivity index (χ1v) is 11.6.